The molecule has 0 spiro atoms. The van der Waals surface area contributed by atoms with Crippen molar-refractivity contribution in [3.8, 4) is 0 Å². The predicted molar refractivity (Wildman–Crippen MR) is 105 cm³/mol. The third-order valence-corrected chi connectivity index (χ3v) is 5.40. The van der Waals surface area contributed by atoms with Gasteiger partial charge in [-0.15, -0.1) is 0 Å². The van der Waals surface area contributed by atoms with Crippen LogP contribution >= 0.6 is 23.2 Å². The molecular formula is C17H14Cl2F3N5O3. The number of fused-ring (bicyclic) bond motifs is 5. The molecule has 0 amide bonds. The number of piperazine rings is 1. The van der Waals surface area contributed by atoms with Crippen molar-refractivity contribution in [1.82, 2.24) is 15.3 Å². The zero-order chi connectivity index (χ0) is 21.8. The summed E-state index contributed by atoms with van der Waals surface area (Å²) in [5.74, 6) is -1.79. The molecule has 3 aromatic rings. The number of hydrogen-bond donors (Lipinski definition) is 3. The lowest BCUT2D eigenvalue weighted by atomic mass is 10.2. The van der Waals surface area contributed by atoms with Crippen LogP contribution < -0.4 is 16.0 Å². The number of nitrogens with two attached hydrogens (primary N) is 1. The molecule has 2 saturated heterocycles. The molecule has 2 aromatic heterocycles. The fraction of sp³-hybridized carbons (Fsp3) is 0.353. The van der Waals surface area contributed by atoms with Crippen molar-refractivity contribution in [1.29, 1.82) is 0 Å². The quantitative estimate of drug-likeness (QED) is 0.502. The van der Waals surface area contributed by atoms with Crippen molar-refractivity contribution >= 4 is 63.0 Å². The van der Waals surface area contributed by atoms with Gasteiger partial charge in [0.2, 0.25) is 5.95 Å². The maximum atomic E-state index is 10.6. The van der Waals surface area contributed by atoms with Crippen LogP contribution in [0.3, 0.4) is 0 Å². The molecule has 4 N–H and O–H groups in total. The summed E-state index contributed by atoms with van der Waals surface area (Å²) in [4.78, 5) is 19.9. The Balaban J connectivity index is 0.000000272. The van der Waals surface area contributed by atoms with Gasteiger partial charge in [-0.05, 0) is 18.6 Å². The highest BCUT2D eigenvalue weighted by atomic mass is 35.5. The number of rotatable bonds is 1. The smallest absolute Gasteiger partial charge is 0.475 e. The van der Waals surface area contributed by atoms with E-state index in [0.717, 1.165) is 30.7 Å². The molecule has 160 valence electrons. The van der Waals surface area contributed by atoms with E-state index in [0.29, 0.717) is 38.8 Å². The SMILES string of the molecule is Nc1nc(N2C[C@@H]3C[C@H]2CN3)c2oc3c(Cl)cc(Cl)cc3c2n1.O=C(O)C(F)(F)F. The standard InChI is InChI=1S/C15H13Cl2N5O.C2HF3O2/c16-6-1-9-11-13(23-12(9)10(17)2-6)14(21-15(18)20-11)22-5-7-3-8(22)4-19-7;3-2(4,5)1(6)7/h1-2,7-8,19H,3-5H2,(H2,18,20,21);(H,6,7)/t7-,8-;/m0./s1. The second kappa shape index (κ2) is 7.33. The summed E-state index contributed by atoms with van der Waals surface area (Å²) in [6.45, 7) is 1.84. The summed E-state index contributed by atoms with van der Waals surface area (Å²) < 4.78 is 37.7. The van der Waals surface area contributed by atoms with Crippen molar-refractivity contribution < 1.29 is 27.5 Å². The number of furan rings is 1. The van der Waals surface area contributed by atoms with Crippen LogP contribution in [-0.2, 0) is 4.79 Å². The summed E-state index contributed by atoms with van der Waals surface area (Å²) in [6, 6.07) is 4.35. The van der Waals surface area contributed by atoms with Gasteiger partial charge < -0.3 is 25.5 Å². The fourth-order valence-electron chi connectivity index (χ4n) is 3.69. The van der Waals surface area contributed by atoms with Crippen LogP contribution in [-0.4, -0.2) is 52.4 Å². The van der Waals surface area contributed by atoms with Crippen LogP contribution in [0.4, 0.5) is 24.9 Å². The van der Waals surface area contributed by atoms with Crippen molar-refractivity contribution in [3.63, 3.8) is 0 Å². The summed E-state index contributed by atoms with van der Waals surface area (Å²) in [7, 11) is 0. The average Bonchev–Trinajstić information content (AvgIpc) is 3.35. The molecule has 4 heterocycles. The molecule has 0 radical (unpaired) electrons. The summed E-state index contributed by atoms with van der Waals surface area (Å²) in [5.41, 5.74) is 7.78. The summed E-state index contributed by atoms with van der Waals surface area (Å²) in [6.07, 6.45) is -3.97. The van der Waals surface area contributed by atoms with Gasteiger partial charge >= 0.3 is 12.1 Å². The van der Waals surface area contributed by atoms with Crippen molar-refractivity contribution in [2.75, 3.05) is 23.7 Å². The Morgan fingerprint density at radius 2 is 2.00 bits per heavy atom. The number of nitrogen functional groups attached to an aromatic ring is 1. The third kappa shape index (κ3) is 3.68. The molecule has 2 atom stereocenters. The van der Waals surface area contributed by atoms with Crippen molar-refractivity contribution in [2.45, 2.75) is 24.7 Å². The molecule has 2 aliphatic rings. The number of hydrogen-bond acceptors (Lipinski definition) is 7. The van der Waals surface area contributed by atoms with E-state index >= 15 is 0 Å². The van der Waals surface area contributed by atoms with Gasteiger partial charge in [0.15, 0.2) is 17.0 Å². The molecule has 5 rings (SSSR count). The number of anilines is 2. The van der Waals surface area contributed by atoms with Gasteiger partial charge in [0.05, 0.1) is 10.4 Å². The normalized spacial score (nSPS) is 20.6. The highest BCUT2D eigenvalue weighted by Gasteiger charge is 2.40. The largest absolute Gasteiger partial charge is 0.490 e. The number of alkyl halides is 3. The predicted octanol–water partition coefficient (Wildman–Crippen LogP) is 3.45. The number of nitrogens with one attached hydrogen (secondary N) is 1. The maximum Gasteiger partial charge on any atom is 0.490 e. The zero-order valence-electron chi connectivity index (χ0n) is 15.0. The van der Waals surface area contributed by atoms with Gasteiger partial charge in [0, 0.05) is 30.2 Å². The van der Waals surface area contributed by atoms with Crippen molar-refractivity contribution in [2.24, 2.45) is 0 Å². The lowest BCUT2D eigenvalue weighted by molar-refractivity contribution is -0.192. The highest BCUT2D eigenvalue weighted by molar-refractivity contribution is 6.39. The average molecular weight is 464 g/mol. The molecule has 8 nitrogen and oxygen atoms in total. The number of halogens is 5. The molecule has 0 unspecified atom stereocenters. The van der Waals surface area contributed by atoms with Crippen LogP contribution in [0.25, 0.3) is 22.1 Å². The summed E-state index contributed by atoms with van der Waals surface area (Å²) >= 11 is 12.4. The number of carbonyl (C=O) groups is 1. The van der Waals surface area contributed by atoms with E-state index in [1.54, 1.807) is 12.1 Å². The molecule has 2 bridgehead atoms. The molecular weight excluding hydrogens is 450 g/mol. The van der Waals surface area contributed by atoms with Gasteiger partial charge in [-0.25, -0.2) is 9.78 Å². The van der Waals surface area contributed by atoms with Crippen LogP contribution in [0.1, 0.15) is 6.42 Å². The first-order valence-electron chi connectivity index (χ1n) is 8.69. The number of aliphatic carboxylic acids is 1. The zero-order valence-corrected chi connectivity index (χ0v) is 16.5. The van der Waals surface area contributed by atoms with E-state index in [1.165, 1.54) is 0 Å². The van der Waals surface area contributed by atoms with Gasteiger partial charge in [-0.3, -0.25) is 0 Å². The highest BCUT2D eigenvalue weighted by Crippen LogP contribution is 2.40. The molecule has 2 aliphatic heterocycles. The molecule has 0 saturated carbocycles. The number of benzene rings is 1. The monoisotopic (exact) mass is 463 g/mol. The first-order valence-corrected chi connectivity index (χ1v) is 9.45. The Morgan fingerprint density at radius 1 is 1.30 bits per heavy atom. The van der Waals surface area contributed by atoms with E-state index in [-0.39, 0.29) is 5.95 Å². The second-order valence-electron chi connectivity index (χ2n) is 6.90. The number of carboxylic acid groups (broad SMARTS) is 1. The van der Waals surface area contributed by atoms with E-state index in [1.807, 2.05) is 0 Å². The molecule has 0 aliphatic carbocycles. The Hall–Kier alpha value is -2.50. The van der Waals surface area contributed by atoms with E-state index in [4.69, 9.17) is 43.3 Å². The second-order valence-corrected chi connectivity index (χ2v) is 7.74. The Morgan fingerprint density at radius 3 is 2.57 bits per heavy atom. The van der Waals surface area contributed by atoms with E-state index in [9.17, 15) is 13.2 Å². The van der Waals surface area contributed by atoms with Crippen LogP contribution in [0.2, 0.25) is 10.0 Å². The Labute approximate surface area is 176 Å². The number of nitrogens with zero attached hydrogens (tertiary/aromatic N) is 3. The first-order chi connectivity index (χ1) is 14.0. The summed E-state index contributed by atoms with van der Waals surface area (Å²) in [5, 5.41) is 12.4. The van der Waals surface area contributed by atoms with Crippen LogP contribution in [0.15, 0.2) is 16.5 Å². The Kier molecular flexibility index (Phi) is 5.07. The maximum absolute atomic E-state index is 10.6. The van der Waals surface area contributed by atoms with Crippen LogP contribution in [0, 0.1) is 0 Å². The lowest BCUT2D eigenvalue weighted by Gasteiger charge is -2.28. The van der Waals surface area contributed by atoms with Gasteiger partial charge in [-0.2, -0.15) is 18.2 Å². The fourth-order valence-corrected chi connectivity index (χ4v) is 4.22. The number of carboxylic acids is 1. The van der Waals surface area contributed by atoms with Gasteiger partial charge in [0.1, 0.15) is 5.52 Å². The molecule has 1 aromatic carbocycles. The molecule has 30 heavy (non-hydrogen) atoms. The van der Waals surface area contributed by atoms with E-state index in [2.05, 4.69) is 20.2 Å². The lowest BCUT2D eigenvalue weighted by Crippen LogP contribution is -2.44. The number of aromatic nitrogens is 2. The topological polar surface area (TPSA) is 118 Å². The van der Waals surface area contributed by atoms with Gasteiger partial charge in [0.25, 0.3) is 0 Å². The van der Waals surface area contributed by atoms with Crippen LogP contribution in [0.5, 0.6) is 0 Å². The molecule has 13 heteroatoms. The van der Waals surface area contributed by atoms with Gasteiger partial charge in [-0.1, -0.05) is 23.2 Å². The molecule has 2 fully saturated rings. The minimum Gasteiger partial charge on any atom is -0.475 e. The van der Waals surface area contributed by atoms with Crippen molar-refractivity contribution in [3.05, 3.63) is 22.2 Å². The minimum absolute atomic E-state index is 0.224. The third-order valence-electron chi connectivity index (χ3n) is 4.90. The Bertz CT molecular complexity index is 1150. The first kappa shape index (κ1) is 20.8. The van der Waals surface area contributed by atoms with E-state index < -0.39 is 12.1 Å². The minimum atomic E-state index is -5.08.